The third-order valence-electron chi connectivity index (χ3n) is 3.29. The predicted molar refractivity (Wildman–Crippen MR) is 54.6 cm³/mol. The summed E-state index contributed by atoms with van der Waals surface area (Å²) in [6.07, 6.45) is 3.01. The minimum atomic E-state index is -1.07. The second-order valence-electron chi connectivity index (χ2n) is 4.17. The lowest BCUT2D eigenvalue weighted by Crippen LogP contribution is -2.07. The average Bonchev–Trinajstić information content (AvgIpc) is 2.97. The van der Waals surface area contributed by atoms with Crippen molar-refractivity contribution >= 4 is 5.97 Å². The molecule has 0 spiro atoms. The maximum absolute atomic E-state index is 13.2. The van der Waals surface area contributed by atoms with Gasteiger partial charge in [-0.2, -0.15) is 0 Å². The van der Waals surface area contributed by atoms with E-state index in [1.54, 1.807) is 6.07 Å². The van der Waals surface area contributed by atoms with Gasteiger partial charge in [-0.1, -0.05) is 6.92 Å². The molecule has 1 N–H and O–H groups in total. The molecule has 1 aliphatic rings. The molecule has 2 rings (SSSR count). The number of hydrogen-bond acceptors (Lipinski definition) is 1. The van der Waals surface area contributed by atoms with Gasteiger partial charge in [-0.05, 0) is 48.4 Å². The topological polar surface area (TPSA) is 37.3 Å². The van der Waals surface area contributed by atoms with Crippen LogP contribution in [0.1, 0.15) is 42.1 Å². The Morgan fingerprint density at radius 1 is 1.47 bits per heavy atom. The van der Waals surface area contributed by atoms with Crippen LogP contribution in [0.2, 0.25) is 0 Å². The summed E-state index contributed by atoms with van der Waals surface area (Å²) in [6.45, 7) is 2.05. The fraction of sp³-hybridized carbons (Fsp3) is 0.417. The molecule has 15 heavy (non-hydrogen) atoms. The van der Waals surface area contributed by atoms with Gasteiger partial charge in [0.15, 0.2) is 0 Å². The number of rotatable bonds is 3. The summed E-state index contributed by atoms with van der Waals surface area (Å²) in [5, 5.41) is 8.83. The minimum Gasteiger partial charge on any atom is -0.478 e. The van der Waals surface area contributed by atoms with Gasteiger partial charge >= 0.3 is 5.97 Å². The Balaban J connectivity index is 2.44. The van der Waals surface area contributed by atoms with Crippen molar-refractivity contribution in [2.24, 2.45) is 0 Å². The molecule has 1 fully saturated rings. The molecule has 0 amide bonds. The molecule has 0 radical (unpaired) electrons. The first-order valence-electron chi connectivity index (χ1n) is 5.12. The molecule has 80 valence electrons. The van der Waals surface area contributed by atoms with Gasteiger partial charge in [0, 0.05) is 0 Å². The summed E-state index contributed by atoms with van der Waals surface area (Å²) >= 11 is 0. The Kier molecular flexibility index (Phi) is 2.25. The van der Waals surface area contributed by atoms with Gasteiger partial charge in [-0.3, -0.25) is 0 Å². The van der Waals surface area contributed by atoms with Crippen molar-refractivity contribution in [1.29, 1.82) is 0 Å². The zero-order chi connectivity index (χ0) is 11.1. The van der Waals surface area contributed by atoms with Gasteiger partial charge < -0.3 is 5.11 Å². The van der Waals surface area contributed by atoms with E-state index < -0.39 is 11.8 Å². The highest BCUT2D eigenvalue weighted by molar-refractivity contribution is 5.87. The lowest BCUT2D eigenvalue weighted by atomic mass is 9.92. The maximum atomic E-state index is 13.2. The van der Waals surface area contributed by atoms with Crippen LogP contribution in [0.25, 0.3) is 0 Å². The predicted octanol–water partition coefficient (Wildman–Crippen LogP) is 2.97. The van der Waals surface area contributed by atoms with Crippen molar-refractivity contribution in [3.8, 4) is 0 Å². The molecule has 0 bridgehead atoms. The molecule has 1 aromatic rings. The van der Waals surface area contributed by atoms with Gasteiger partial charge in [-0.25, -0.2) is 9.18 Å². The molecule has 0 heterocycles. The molecule has 1 saturated carbocycles. The Morgan fingerprint density at radius 3 is 2.60 bits per heavy atom. The molecule has 2 nitrogen and oxygen atoms in total. The van der Waals surface area contributed by atoms with E-state index in [0.717, 1.165) is 30.9 Å². The van der Waals surface area contributed by atoms with E-state index in [9.17, 15) is 9.18 Å². The van der Waals surface area contributed by atoms with Crippen LogP contribution in [0.4, 0.5) is 4.39 Å². The number of carboxylic acid groups (broad SMARTS) is 1. The second-order valence-corrected chi connectivity index (χ2v) is 4.17. The van der Waals surface area contributed by atoms with Crippen molar-refractivity contribution in [1.82, 2.24) is 0 Å². The Morgan fingerprint density at radius 2 is 2.13 bits per heavy atom. The molecule has 1 aliphatic carbocycles. The van der Waals surface area contributed by atoms with Crippen LogP contribution in [0, 0.1) is 5.82 Å². The van der Waals surface area contributed by atoms with E-state index >= 15 is 0 Å². The Labute approximate surface area is 87.7 Å². The Hall–Kier alpha value is -1.38. The zero-order valence-electron chi connectivity index (χ0n) is 8.59. The number of aromatic carboxylic acids is 1. The Bertz CT molecular complexity index is 408. The molecule has 0 unspecified atom stereocenters. The summed E-state index contributed by atoms with van der Waals surface area (Å²) in [5.41, 5.74) is 0.930. The molecule has 0 aromatic heterocycles. The van der Waals surface area contributed by atoms with Crippen molar-refractivity contribution in [2.45, 2.75) is 31.6 Å². The van der Waals surface area contributed by atoms with Crippen LogP contribution in [0.3, 0.4) is 0 Å². The highest BCUT2D eigenvalue weighted by atomic mass is 19.1. The molecular weight excluding hydrogens is 195 g/mol. The van der Waals surface area contributed by atoms with Crippen molar-refractivity contribution in [3.63, 3.8) is 0 Å². The standard InChI is InChI=1S/C12H13FO2/c1-2-12(3-4-12)9-5-8(11(14)15)6-10(13)7-9/h5-7H,2-4H2,1H3,(H,14,15). The summed E-state index contributed by atoms with van der Waals surface area (Å²) < 4.78 is 13.2. The average molecular weight is 208 g/mol. The fourth-order valence-corrected chi connectivity index (χ4v) is 2.02. The normalized spacial score (nSPS) is 17.5. The van der Waals surface area contributed by atoms with E-state index in [2.05, 4.69) is 6.92 Å². The minimum absolute atomic E-state index is 0.0460. The summed E-state index contributed by atoms with van der Waals surface area (Å²) in [4.78, 5) is 10.8. The second kappa shape index (κ2) is 3.33. The third-order valence-corrected chi connectivity index (χ3v) is 3.29. The third kappa shape index (κ3) is 1.74. The van der Waals surface area contributed by atoms with Crippen LogP contribution in [-0.2, 0) is 5.41 Å². The molecule has 3 heteroatoms. The lowest BCUT2D eigenvalue weighted by molar-refractivity contribution is 0.0696. The van der Waals surface area contributed by atoms with Crippen LogP contribution in [0.5, 0.6) is 0 Å². The lowest BCUT2D eigenvalue weighted by Gasteiger charge is -2.13. The monoisotopic (exact) mass is 208 g/mol. The van der Waals surface area contributed by atoms with Gasteiger partial charge in [0.2, 0.25) is 0 Å². The van der Waals surface area contributed by atoms with E-state index in [0.29, 0.717) is 0 Å². The van der Waals surface area contributed by atoms with Gasteiger partial charge in [0.1, 0.15) is 5.82 Å². The molecule has 0 aliphatic heterocycles. The number of halogens is 1. The summed E-state index contributed by atoms with van der Waals surface area (Å²) in [7, 11) is 0. The number of benzene rings is 1. The first-order valence-corrected chi connectivity index (χ1v) is 5.12. The summed E-state index contributed by atoms with van der Waals surface area (Å²) in [6, 6.07) is 4.13. The highest BCUT2D eigenvalue weighted by Crippen LogP contribution is 2.51. The van der Waals surface area contributed by atoms with E-state index in [4.69, 9.17) is 5.11 Å². The van der Waals surface area contributed by atoms with Crippen molar-refractivity contribution in [3.05, 3.63) is 35.1 Å². The molecular formula is C12H13FO2. The van der Waals surface area contributed by atoms with Crippen molar-refractivity contribution < 1.29 is 14.3 Å². The SMILES string of the molecule is CCC1(c2cc(F)cc(C(=O)O)c2)CC1. The number of carboxylic acids is 1. The number of carbonyl (C=O) groups is 1. The fourth-order valence-electron chi connectivity index (χ4n) is 2.02. The first kappa shape index (κ1) is 10.1. The van der Waals surface area contributed by atoms with E-state index in [1.165, 1.54) is 6.07 Å². The van der Waals surface area contributed by atoms with Crippen LogP contribution in [-0.4, -0.2) is 11.1 Å². The summed E-state index contributed by atoms with van der Waals surface area (Å²) in [5.74, 6) is -1.52. The zero-order valence-corrected chi connectivity index (χ0v) is 8.59. The van der Waals surface area contributed by atoms with E-state index in [-0.39, 0.29) is 11.0 Å². The molecule has 0 saturated heterocycles. The largest absolute Gasteiger partial charge is 0.478 e. The van der Waals surface area contributed by atoms with E-state index in [1.807, 2.05) is 0 Å². The van der Waals surface area contributed by atoms with Crippen LogP contribution < -0.4 is 0 Å². The molecule has 1 aromatic carbocycles. The van der Waals surface area contributed by atoms with Crippen molar-refractivity contribution in [2.75, 3.05) is 0 Å². The first-order chi connectivity index (χ1) is 7.07. The van der Waals surface area contributed by atoms with Gasteiger partial charge in [0.25, 0.3) is 0 Å². The number of hydrogen-bond donors (Lipinski definition) is 1. The van der Waals surface area contributed by atoms with Gasteiger partial charge in [0.05, 0.1) is 5.56 Å². The van der Waals surface area contributed by atoms with Crippen LogP contribution >= 0.6 is 0 Å². The highest BCUT2D eigenvalue weighted by Gasteiger charge is 2.42. The van der Waals surface area contributed by atoms with Gasteiger partial charge in [-0.15, -0.1) is 0 Å². The van der Waals surface area contributed by atoms with Crippen LogP contribution in [0.15, 0.2) is 18.2 Å². The maximum Gasteiger partial charge on any atom is 0.335 e. The molecule has 0 atom stereocenters. The quantitative estimate of drug-likeness (QED) is 0.829. The smallest absolute Gasteiger partial charge is 0.335 e.